The minimum atomic E-state index is -4.60. The van der Waals surface area contributed by atoms with Crippen LogP contribution in [0.5, 0.6) is 5.75 Å². The van der Waals surface area contributed by atoms with Gasteiger partial charge in [0.25, 0.3) is 5.96 Å². The van der Waals surface area contributed by atoms with Gasteiger partial charge in [-0.2, -0.15) is 13.2 Å². The Morgan fingerprint density at radius 2 is 1.44 bits per heavy atom. The Bertz CT molecular complexity index is 1160. The average Bonchev–Trinajstić information content (AvgIpc) is 2.80. The molecule has 3 aromatic rings. The van der Waals surface area contributed by atoms with Crippen LogP contribution in [0.4, 0.5) is 13.2 Å². The molecule has 0 bridgehead atoms. The van der Waals surface area contributed by atoms with E-state index in [9.17, 15) is 23.3 Å². The molecule has 0 amide bonds. The lowest BCUT2D eigenvalue weighted by atomic mass is 9.89. The van der Waals surface area contributed by atoms with E-state index in [1.807, 2.05) is 0 Å². The topological polar surface area (TPSA) is 103 Å². The van der Waals surface area contributed by atoms with Gasteiger partial charge in [0.15, 0.2) is 5.03 Å². The molecular formula is C24H21F3N4O3. The Morgan fingerprint density at radius 1 is 0.912 bits per heavy atom. The second kappa shape index (κ2) is 11.0. The third-order valence-electron chi connectivity index (χ3n) is 4.67. The quantitative estimate of drug-likeness (QED) is 0.124. The number of hydrogen-bond acceptors (Lipinski definition) is 3. The normalized spacial score (nSPS) is 12.6. The summed E-state index contributed by atoms with van der Waals surface area (Å²) in [6, 6.07) is 22.3. The van der Waals surface area contributed by atoms with E-state index in [1.165, 1.54) is 12.1 Å². The van der Waals surface area contributed by atoms with E-state index in [0.29, 0.717) is 16.9 Å². The van der Waals surface area contributed by atoms with Crippen LogP contribution in [0.2, 0.25) is 0 Å². The summed E-state index contributed by atoms with van der Waals surface area (Å²) in [7, 11) is 0. The molecule has 0 radical (unpaired) electrons. The molecule has 0 spiro atoms. The number of alkyl halides is 3. The molecular weight excluding hydrogens is 449 g/mol. The molecule has 7 nitrogen and oxygen atoms in total. The van der Waals surface area contributed by atoms with Crippen molar-refractivity contribution < 1.29 is 22.9 Å². The van der Waals surface area contributed by atoms with Crippen molar-refractivity contribution >= 4 is 17.1 Å². The maximum absolute atomic E-state index is 14.3. The highest BCUT2D eigenvalue weighted by molar-refractivity contribution is 6.00. The Labute approximate surface area is 193 Å². The van der Waals surface area contributed by atoms with Gasteiger partial charge >= 0.3 is 6.18 Å². The predicted octanol–water partition coefficient (Wildman–Crippen LogP) is 4.68. The van der Waals surface area contributed by atoms with Crippen molar-refractivity contribution in [2.24, 2.45) is 10.8 Å². The molecule has 0 fully saturated rings. The molecule has 0 aliphatic heterocycles. The van der Waals surface area contributed by atoms with Crippen molar-refractivity contribution in [2.45, 2.75) is 6.18 Å². The van der Waals surface area contributed by atoms with Gasteiger partial charge in [-0.25, -0.2) is 10.1 Å². The van der Waals surface area contributed by atoms with E-state index in [4.69, 9.17) is 10.5 Å². The summed E-state index contributed by atoms with van der Waals surface area (Å²) < 4.78 is 48.4. The third-order valence-corrected chi connectivity index (χ3v) is 4.67. The standard InChI is InChI=1S/C24H21F3N4O3/c25-24(26,27)22(19-9-5-2-6-10-19)21(17-7-3-1-4-8-17)18-11-13-20(14-12-18)34-16-15-29-23(28)30-31(32)33/h1-14H,15-16H2,(H3,28,29,30). The van der Waals surface area contributed by atoms with Crippen LogP contribution in [0.15, 0.2) is 90.0 Å². The molecule has 0 aliphatic rings. The van der Waals surface area contributed by atoms with Crippen molar-refractivity contribution in [1.29, 1.82) is 0 Å². The molecule has 3 rings (SSSR count). The van der Waals surface area contributed by atoms with E-state index < -0.39 is 16.8 Å². The molecule has 34 heavy (non-hydrogen) atoms. The highest BCUT2D eigenvalue weighted by atomic mass is 19.4. The van der Waals surface area contributed by atoms with Crippen molar-refractivity contribution in [3.63, 3.8) is 0 Å². The van der Waals surface area contributed by atoms with E-state index in [1.54, 1.807) is 72.8 Å². The minimum Gasteiger partial charge on any atom is -0.492 e. The largest absolute Gasteiger partial charge is 0.492 e. The zero-order chi connectivity index (χ0) is 24.6. The van der Waals surface area contributed by atoms with Gasteiger partial charge in [0.1, 0.15) is 17.5 Å². The van der Waals surface area contributed by atoms with Crippen molar-refractivity contribution in [2.75, 3.05) is 13.2 Å². The molecule has 10 heteroatoms. The zero-order valence-electron chi connectivity index (χ0n) is 17.8. The summed E-state index contributed by atoms with van der Waals surface area (Å²) in [6.45, 7) is 0.249. The Kier molecular flexibility index (Phi) is 7.86. The van der Waals surface area contributed by atoms with Gasteiger partial charge in [0.2, 0.25) is 0 Å². The second-order valence-corrected chi connectivity index (χ2v) is 7.00. The van der Waals surface area contributed by atoms with Gasteiger partial charge in [-0.1, -0.05) is 72.8 Å². The smallest absolute Gasteiger partial charge is 0.417 e. The van der Waals surface area contributed by atoms with E-state index in [2.05, 4.69) is 10.4 Å². The second-order valence-electron chi connectivity index (χ2n) is 7.00. The van der Waals surface area contributed by atoms with Crippen molar-refractivity contribution in [3.05, 3.63) is 112 Å². The molecule has 0 unspecified atom stereocenters. The van der Waals surface area contributed by atoms with Gasteiger partial charge in [-0.05, 0) is 28.8 Å². The number of rotatable bonds is 8. The van der Waals surface area contributed by atoms with Crippen LogP contribution in [-0.4, -0.2) is 30.3 Å². The number of hydrazone groups is 1. The van der Waals surface area contributed by atoms with Crippen LogP contribution < -0.4 is 15.8 Å². The fourth-order valence-corrected chi connectivity index (χ4v) is 3.30. The zero-order valence-corrected chi connectivity index (χ0v) is 17.8. The first-order valence-corrected chi connectivity index (χ1v) is 10.1. The number of halogens is 3. The van der Waals surface area contributed by atoms with Crippen molar-refractivity contribution in [3.8, 4) is 5.75 Å². The minimum absolute atomic E-state index is 0.0521. The fraction of sp³-hybridized carbons (Fsp3) is 0.125. The van der Waals surface area contributed by atoms with Crippen LogP contribution in [0.1, 0.15) is 16.7 Å². The number of nitrogens with one attached hydrogen (secondary N) is 1. The first-order valence-electron chi connectivity index (χ1n) is 10.1. The Balaban J connectivity index is 1.91. The molecule has 0 aromatic heterocycles. The summed E-state index contributed by atoms with van der Waals surface area (Å²) in [6.07, 6.45) is -4.60. The molecule has 0 saturated heterocycles. The summed E-state index contributed by atoms with van der Waals surface area (Å²) in [5.41, 5.74) is 5.50. The number of nitro groups is 1. The predicted molar refractivity (Wildman–Crippen MR) is 123 cm³/mol. The highest BCUT2D eigenvalue weighted by Gasteiger charge is 2.38. The van der Waals surface area contributed by atoms with Crippen LogP contribution >= 0.6 is 0 Å². The number of nitrogens with zero attached hydrogens (tertiary/aromatic N) is 2. The maximum Gasteiger partial charge on any atom is 0.417 e. The lowest BCUT2D eigenvalue weighted by Crippen LogP contribution is -2.35. The van der Waals surface area contributed by atoms with Crippen LogP contribution in [0.3, 0.4) is 0 Å². The number of guanidine groups is 1. The lowest BCUT2D eigenvalue weighted by Gasteiger charge is -2.20. The summed E-state index contributed by atoms with van der Waals surface area (Å²) in [5, 5.41) is 14.7. The average molecular weight is 470 g/mol. The number of nitrogens with two attached hydrogens (primary N) is 1. The number of benzene rings is 3. The molecule has 0 saturated carbocycles. The van der Waals surface area contributed by atoms with E-state index in [-0.39, 0.29) is 30.2 Å². The first kappa shape index (κ1) is 24.3. The fourth-order valence-electron chi connectivity index (χ4n) is 3.30. The van der Waals surface area contributed by atoms with Crippen LogP contribution in [-0.2, 0) is 0 Å². The number of ether oxygens (including phenoxy) is 1. The highest BCUT2D eigenvalue weighted by Crippen LogP contribution is 2.42. The van der Waals surface area contributed by atoms with E-state index >= 15 is 0 Å². The maximum atomic E-state index is 14.3. The summed E-state index contributed by atoms with van der Waals surface area (Å²) in [4.78, 5) is 10.2. The summed E-state index contributed by atoms with van der Waals surface area (Å²) >= 11 is 0. The van der Waals surface area contributed by atoms with Gasteiger partial charge in [0.05, 0.1) is 12.1 Å². The Morgan fingerprint density at radius 3 is 1.97 bits per heavy atom. The summed E-state index contributed by atoms with van der Waals surface area (Å²) in [5.74, 6) is 0.0539. The van der Waals surface area contributed by atoms with Crippen molar-refractivity contribution in [1.82, 2.24) is 5.32 Å². The third kappa shape index (κ3) is 6.58. The molecule has 3 N–H and O–H groups in total. The number of hydrogen-bond donors (Lipinski definition) is 2. The molecule has 0 aliphatic carbocycles. The van der Waals surface area contributed by atoms with E-state index in [0.717, 1.165) is 0 Å². The lowest BCUT2D eigenvalue weighted by molar-refractivity contribution is -0.485. The monoisotopic (exact) mass is 470 g/mol. The molecule has 3 aromatic carbocycles. The number of allylic oxidation sites excluding steroid dienone is 1. The molecule has 0 atom stereocenters. The molecule has 176 valence electrons. The van der Waals surface area contributed by atoms with Gasteiger partial charge in [0, 0.05) is 5.57 Å². The van der Waals surface area contributed by atoms with Gasteiger partial charge < -0.3 is 15.8 Å². The van der Waals surface area contributed by atoms with Crippen LogP contribution in [0.25, 0.3) is 11.1 Å². The van der Waals surface area contributed by atoms with Gasteiger partial charge in [-0.15, -0.1) is 0 Å². The SMILES string of the molecule is NC(=N[N+](=O)[O-])NCCOc1ccc(C(=C(c2ccccc2)C(F)(F)F)c2ccccc2)cc1. The van der Waals surface area contributed by atoms with Crippen LogP contribution in [0, 0.1) is 10.1 Å². The Hall–Kier alpha value is -4.34. The first-order chi connectivity index (χ1) is 16.3. The van der Waals surface area contributed by atoms with Gasteiger partial charge in [-0.3, -0.25) is 0 Å². The molecule has 0 heterocycles.